The number of halogens is 2. The van der Waals surface area contributed by atoms with Crippen LogP contribution in [0.2, 0.25) is 0 Å². The highest BCUT2D eigenvalue weighted by Gasteiger charge is 2.19. The molecule has 1 aliphatic carbocycles. The fourth-order valence-electron chi connectivity index (χ4n) is 1.68. The predicted octanol–water partition coefficient (Wildman–Crippen LogP) is 2.86. The van der Waals surface area contributed by atoms with Crippen LogP contribution in [0.4, 0.5) is 8.78 Å². The summed E-state index contributed by atoms with van der Waals surface area (Å²) in [7, 11) is 0. The fraction of sp³-hybridized carbons (Fsp3) is 0.800. The summed E-state index contributed by atoms with van der Waals surface area (Å²) in [4.78, 5) is 0. The lowest BCUT2D eigenvalue weighted by Gasteiger charge is -2.17. The van der Waals surface area contributed by atoms with Gasteiger partial charge in [0, 0.05) is 0 Å². The van der Waals surface area contributed by atoms with Crippen molar-refractivity contribution in [1.29, 1.82) is 0 Å². The second kappa shape index (κ2) is 5.32. The van der Waals surface area contributed by atoms with Crippen molar-refractivity contribution >= 4 is 0 Å². The summed E-state index contributed by atoms with van der Waals surface area (Å²) in [6, 6.07) is -1.03. The van der Waals surface area contributed by atoms with E-state index in [9.17, 15) is 8.78 Å². The average Bonchev–Trinajstić information content (AvgIpc) is 2.02. The van der Waals surface area contributed by atoms with Crippen LogP contribution in [0.15, 0.2) is 11.6 Å². The van der Waals surface area contributed by atoms with Crippen LogP contribution in [0.5, 0.6) is 0 Å². The van der Waals surface area contributed by atoms with E-state index in [1.807, 2.05) is 6.08 Å². The molecule has 3 heteroatoms. The van der Waals surface area contributed by atoms with Gasteiger partial charge < -0.3 is 5.73 Å². The highest BCUT2D eigenvalue weighted by molar-refractivity contribution is 5.11. The Morgan fingerprint density at radius 1 is 1.15 bits per heavy atom. The molecule has 0 saturated carbocycles. The Morgan fingerprint density at radius 3 is 2.54 bits per heavy atom. The minimum atomic E-state index is -2.41. The Morgan fingerprint density at radius 2 is 1.85 bits per heavy atom. The van der Waals surface area contributed by atoms with Gasteiger partial charge in [-0.2, -0.15) is 0 Å². The molecular weight excluding hydrogens is 172 g/mol. The Kier molecular flexibility index (Phi) is 4.36. The molecule has 1 nitrogen and oxygen atoms in total. The minimum absolute atomic E-state index is 0.755. The van der Waals surface area contributed by atoms with E-state index >= 15 is 0 Å². The van der Waals surface area contributed by atoms with E-state index in [0.717, 1.165) is 37.7 Å². The molecule has 0 heterocycles. The Labute approximate surface area is 78.0 Å². The molecule has 0 spiro atoms. The second-order valence-corrected chi connectivity index (χ2v) is 3.59. The molecule has 2 N–H and O–H groups in total. The van der Waals surface area contributed by atoms with E-state index < -0.39 is 12.5 Å². The third-order valence-electron chi connectivity index (χ3n) is 2.53. The van der Waals surface area contributed by atoms with Crippen LogP contribution >= 0.6 is 0 Å². The molecule has 0 amide bonds. The Hall–Kier alpha value is -0.440. The highest BCUT2D eigenvalue weighted by Crippen LogP contribution is 2.21. The molecule has 0 aromatic carbocycles. The second-order valence-electron chi connectivity index (χ2n) is 3.59. The number of nitrogens with two attached hydrogens (primary N) is 1. The lowest BCUT2D eigenvalue weighted by Crippen LogP contribution is -2.31. The number of allylic oxidation sites excluding steroid dienone is 1. The van der Waals surface area contributed by atoms with Gasteiger partial charge in [-0.05, 0) is 25.7 Å². The monoisotopic (exact) mass is 189 g/mol. The van der Waals surface area contributed by atoms with Crippen molar-refractivity contribution in [2.75, 3.05) is 0 Å². The van der Waals surface area contributed by atoms with Crippen LogP contribution in [-0.2, 0) is 0 Å². The van der Waals surface area contributed by atoms with E-state index in [4.69, 9.17) is 5.73 Å². The van der Waals surface area contributed by atoms with Gasteiger partial charge in [0.1, 0.15) is 0 Å². The fourth-order valence-corrected chi connectivity index (χ4v) is 1.68. The summed E-state index contributed by atoms with van der Waals surface area (Å²) >= 11 is 0. The standard InChI is InChI=1S/C10H17F2N/c11-10(12)9(13)8-6-4-2-1-3-5-7-8/h6,9-10H,1-5,7,13H2. The largest absolute Gasteiger partial charge is 0.320 e. The number of rotatable bonds is 2. The maximum absolute atomic E-state index is 12.3. The Balaban J connectivity index is 2.53. The molecular formula is C10H17F2N. The van der Waals surface area contributed by atoms with Crippen LogP contribution in [0, 0.1) is 0 Å². The van der Waals surface area contributed by atoms with Gasteiger partial charge in [0.2, 0.25) is 0 Å². The summed E-state index contributed by atoms with van der Waals surface area (Å²) in [5.74, 6) is 0. The molecule has 1 rings (SSSR count). The van der Waals surface area contributed by atoms with E-state index in [1.54, 1.807) is 0 Å². The molecule has 1 atom stereocenters. The van der Waals surface area contributed by atoms with Crippen LogP contribution in [0.1, 0.15) is 38.5 Å². The molecule has 0 bridgehead atoms. The van der Waals surface area contributed by atoms with Crippen molar-refractivity contribution in [3.8, 4) is 0 Å². The first kappa shape index (κ1) is 10.6. The molecule has 0 radical (unpaired) electrons. The van der Waals surface area contributed by atoms with Gasteiger partial charge >= 0.3 is 0 Å². The van der Waals surface area contributed by atoms with E-state index in [-0.39, 0.29) is 0 Å². The lowest BCUT2D eigenvalue weighted by molar-refractivity contribution is 0.127. The third kappa shape index (κ3) is 3.43. The van der Waals surface area contributed by atoms with Crippen molar-refractivity contribution in [3.63, 3.8) is 0 Å². The van der Waals surface area contributed by atoms with Crippen LogP contribution in [0.25, 0.3) is 0 Å². The summed E-state index contributed by atoms with van der Waals surface area (Å²) in [5.41, 5.74) is 6.15. The lowest BCUT2D eigenvalue weighted by atomic mass is 9.95. The van der Waals surface area contributed by atoms with Gasteiger partial charge in [0.05, 0.1) is 6.04 Å². The topological polar surface area (TPSA) is 26.0 Å². The van der Waals surface area contributed by atoms with Crippen molar-refractivity contribution < 1.29 is 8.78 Å². The van der Waals surface area contributed by atoms with Crippen molar-refractivity contribution in [2.24, 2.45) is 5.73 Å². The third-order valence-corrected chi connectivity index (χ3v) is 2.53. The van der Waals surface area contributed by atoms with Gasteiger partial charge in [-0.25, -0.2) is 8.78 Å². The van der Waals surface area contributed by atoms with E-state index in [2.05, 4.69) is 0 Å². The quantitative estimate of drug-likeness (QED) is 0.664. The van der Waals surface area contributed by atoms with Gasteiger partial charge in [0.15, 0.2) is 0 Å². The molecule has 0 fully saturated rings. The van der Waals surface area contributed by atoms with E-state index in [0.29, 0.717) is 0 Å². The summed E-state index contributed by atoms with van der Waals surface area (Å²) < 4.78 is 24.6. The van der Waals surface area contributed by atoms with Crippen LogP contribution in [0.3, 0.4) is 0 Å². The summed E-state index contributed by atoms with van der Waals surface area (Å²) in [6.45, 7) is 0. The van der Waals surface area contributed by atoms with Crippen molar-refractivity contribution in [3.05, 3.63) is 11.6 Å². The van der Waals surface area contributed by atoms with Gasteiger partial charge in [-0.3, -0.25) is 0 Å². The van der Waals surface area contributed by atoms with Crippen LogP contribution in [-0.4, -0.2) is 12.5 Å². The smallest absolute Gasteiger partial charge is 0.257 e. The van der Waals surface area contributed by atoms with Crippen molar-refractivity contribution in [1.82, 2.24) is 0 Å². The molecule has 0 aliphatic heterocycles. The maximum Gasteiger partial charge on any atom is 0.257 e. The molecule has 13 heavy (non-hydrogen) atoms. The zero-order valence-electron chi connectivity index (χ0n) is 7.81. The molecule has 0 aromatic heterocycles. The molecule has 1 unspecified atom stereocenters. The SMILES string of the molecule is NC(C1=CCCCCCC1)C(F)F. The first-order valence-electron chi connectivity index (χ1n) is 4.94. The first-order chi connectivity index (χ1) is 6.22. The maximum atomic E-state index is 12.3. The number of hydrogen-bond acceptors (Lipinski definition) is 1. The van der Waals surface area contributed by atoms with Gasteiger partial charge in [0.25, 0.3) is 6.43 Å². The zero-order valence-corrected chi connectivity index (χ0v) is 7.81. The predicted molar refractivity (Wildman–Crippen MR) is 49.8 cm³/mol. The Bertz CT molecular complexity index is 178. The van der Waals surface area contributed by atoms with Gasteiger partial charge in [-0.15, -0.1) is 0 Å². The molecule has 0 saturated heterocycles. The zero-order chi connectivity index (χ0) is 9.68. The molecule has 0 aromatic rings. The normalized spacial score (nSPS) is 22.0. The number of alkyl halides is 2. The van der Waals surface area contributed by atoms with Gasteiger partial charge in [-0.1, -0.05) is 24.5 Å². The van der Waals surface area contributed by atoms with Crippen molar-refractivity contribution in [2.45, 2.75) is 51.0 Å². The minimum Gasteiger partial charge on any atom is -0.320 e. The number of hydrogen-bond donors (Lipinski definition) is 1. The van der Waals surface area contributed by atoms with E-state index in [1.165, 1.54) is 6.42 Å². The molecule has 76 valence electrons. The first-order valence-corrected chi connectivity index (χ1v) is 4.94. The summed E-state index contributed by atoms with van der Waals surface area (Å²) in [6.07, 6.45) is 5.65. The summed E-state index contributed by atoms with van der Waals surface area (Å²) in [5, 5.41) is 0. The highest BCUT2D eigenvalue weighted by atomic mass is 19.3. The molecule has 1 aliphatic rings. The average molecular weight is 189 g/mol. The van der Waals surface area contributed by atoms with Crippen LogP contribution < -0.4 is 5.73 Å².